The number of nitrogens with zero attached hydrogens (tertiary/aromatic N) is 2. The normalized spacial score (nSPS) is 11.8. The standard InChI is InChI=1S/C9H8N2O4S/c12-9-7-3-1-2-4-8(7)10-5-11(9)6-16(13,14)15/h1-5H,6H2,(H,13,14,15). The van der Waals surface area contributed by atoms with E-state index in [1.54, 1.807) is 24.3 Å². The molecule has 0 amide bonds. The topological polar surface area (TPSA) is 89.3 Å². The van der Waals surface area contributed by atoms with Crippen LogP contribution in [0, 0.1) is 0 Å². The summed E-state index contributed by atoms with van der Waals surface area (Å²) in [4.78, 5) is 15.7. The van der Waals surface area contributed by atoms with Gasteiger partial charge >= 0.3 is 0 Å². The van der Waals surface area contributed by atoms with Gasteiger partial charge in [-0.2, -0.15) is 8.42 Å². The van der Waals surface area contributed by atoms with Gasteiger partial charge < -0.3 is 0 Å². The van der Waals surface area contributed by atoms with Crippen LogP contribution in [0.1, 0.15) is 0 Å². The lowest BCUT2D eigenvalue weighted by molar-refractivity contribution is 0.470. The molecule has 0 aliphatic rings. The molecule has 7 heteroatoms. The molecule has 0 aliphatic carbocycles. The predicted molar refractivity (Wildman–Crippen MR) is 57.6 cm³/mol. The molecule has 0 unspecified atom stereocenters. The Morgan fingerprint density at radius 1 is 1.31 bits per heavy atom. The summed E-state index contributed by atoms with van der Waals surface area (Å²) in [7, 11) is -4.25. The number of fused-ring (bicyclic) bond motifs is 1. The van der Waals surface area contributed by atoms with E-state index in [9.17, 15) is 13.2 Å². The third-order valence-corrected chi connectivity index (χ3v) is 2.64. The Kier molecular flexibility index (Phi) is 2.49. The van der Waals surface area contributed by atoms with Crippen LogP contribution in [-0.2, 0) is 16.0 Å². The minimum absolute atomic E-state index is 0.314. The van der Waals surface area contributed by atoms with E-state index in [0.29, 0.717) is 10.9 Å². The van der Waals surface area contributed by atoms with E-state index in [-0.39, 0.29) is 0 Å². The Hall–Kier alpha value is -1.73. The summed E-state index contributed by atoms with van der Waals surface area (Å²) >= 11 is 0. The molecule has 0 fully saturated rings. The first-order chi connectivity index (χ1) is 7.47. The number of rotatable bonds is 2. The number of aromatic nitrogens is 2. The zero-order chi connectivity index (χ0) is 11.8. The quantitative estimate of drug-likeness (QED) is 0.759. The molecule has 0 saturated heterocycles. The Morgan fingerprint density at radius 3 is 2.69 bits per heavy atom. The highest BCUT2D eigenvalue weighted by Crippen LogP contribution is 2.04. The van der Waals surface area contributed by atoms with Crippen LogP contribution in [0.4, 0.5) is 0 Å². The third kappa shape index (κ3) is 2.10. The summed E-state index contributed by atoms with van der Waals surface area (Å²) in [6.45, 7) is 0. The van der Waals surface area contributed by atoms with Crippen molar-refractivity contribution in [1.82, 2.24) is 9.55 Å². The average molecular weight is 240 g/mol. The maximum absolute atomic E-state index is 11.8. The maximum Gasteiger partial charge on any atom is 0.283 e. The molecule has 6 nitrogen and oxygen atoms in total. The van der Waals surface area contributed by atoms with Gasteiger partial charge in [0, 0.05) is 0 Å². The fraction of sp³-hybridized carbons (Fsp3) is 0.111. The second-order valence-corrected chi connectivity index (χ2v) is 4.67. The molecule has 1 heterocycles. The predicted octanol–water partition coefficient (Wildman–Crippen LogP) is 0.242. The first-order valence-corrected chi connectivity index (χ1v) is 5.98. The van der Waals surface area contributed by atoms with Gasteiger partial charge in [0.15, 0.2) is 5.88 Å². The van der Waals surface area contributed by atoms with E-state index in [1.165, 1.54) is 0 Å². The van der Waals surface area contributed by atoms with E-state index in [2.05, 4.69) is 4.98 Å². The molecule has 1 aromatic heterocycles. The smallest absolute Gasteiger partial charge is 0.283 e. The van der Waals surface area contributed by atoms with Crippen molar-refractivity contribution in [2.45, 2.75) is 5.88 Å². The number of para-hydroxylation sites is 1. The van der Waals surface area contributed by atoms with Gasteiger partial charge in [0.1, 0.15) is 0 Å². The van der Waals surface area contributed by atoms with Crippen molar-refractivity contribution in [1.29, 1.82) is 0 Å². The van der Waals surface area contributed by atoms with Crippen LogP contribution in [0.2, 0.25) is 0 Å². The molecule has 16 heavy (non-hydrogen) atoms. The van der Waals surface area contributed by atoms with Crippen molar-refractivity contribution in [3.63, 3.8) is 0 Å². The van der Waals surface area contributed by atoms with Crippen LogP contribution in [0.15, 0.2) is 35.4 Å². The molecule has 0 radical (unpaired) electrons. The molecule has 0 aliphatic heterocycles. The van der Waals surface area contributed by atoms with Gasteiger partial charge in [-0.3, -0.25) is 13.9 Å². The van der Waals surface area contributed by atoms with Crippen molar-refractivity contribution >= 4 is 21.0 Å². The summed E-state index contributed by atoms with van der Waals surface area (Å²) in [6.07, 6.45) is 1.10. The molecular formula is C9H8N2O4S. The Labute approximate surface area is 90.9 Å². The van der Waals surface area contributed by atoms with E-state index < -0.39 is 21.6 Å². The molecular weight excluding hydrogens is 232 g/mol. The first kappa shape index (κ1) is 10.8. The van der Waals surface area contributed by atoms with Crippen molar-refractivity contribution in [2.75, 3.05) is 0 Å². The average Bonchev–Trinajstić information content (AvgIpc) is 2.21. The second kappa shape index (κ2) is 3.69. The number of hydrogen-bond acceptors (Lipinski definition) is 4. The van der Waals surface area contributed by atoms with Crippen LogP contribution in [0.25, 0.3) is 10.9 Å². The van der Waals surface area contributed by atoms with Crippen molar-refractivity contribution in [3.05, 3.63) is 40.9 Å². The van der Waals surface area contributed by atoms with E-state index in [4.69, 9.17) is 4.55 Å². The molecule has 1 aromatic carbocycles. The van der Waals surface area contributed by atoms with Gasteiger partial charge in [-0.15, -0.1) is 0 Å². The summed E-state index contributed by atoms with van der Waals surface area (Å²) in [5, 5.41) is 0.314. The van der Waals surface area contributed by atoms with E-state index in [1.807, 2.05) is 0 Å². The summed E-state index contributed by atoms with van der Waals surface area (Å²) in [5.74, 6) is -0.788. The zero-order valence-electron chi connectivity index (χ0n) is 8.07. The van der Waals surface area contributed by atoms with Crippen molar-refractivity contribution in [2.24, 2.45) is 0 Å². The molecule has 0 atom stereocenters. The Morgan fingerprint density at radius 2 is 2.00 bits per heavy atom. The molecule has 2 aromatic rings. The highest BCUT2D eigenvalue weighted by Gasteiger charge is 2.09. The van der Waals surface area contributed by atoms with E-state index in [0.717, 1.165) is 10.9 Å². The van der Waals surface area contributed by atoms with Crippen LogP contribution in [-0.4, -0.2) is 22.5 Å². The monoisotopic (exact) mass is 240 g/mol. The molecule has 2 rings (SSSR count). The van der Waals surface area contributed by atoms with Crippen molar-refractivity contribution < 1.29 is 13.0 Å². The van der Waals surface area contributed by atoms with Crippen LogP contribution in [0.3, 0.4) is 0 Å². The van der Waals surface area contributed by atoms with Crippen molar-refractivity contribution in [3.8, 4) is 0 Å². The van der Waals surface area contributed by atoms with Gasteiger partial charge in [-0.1, -0.05) is 12.1 Å². The second-order valence-electron chi connectivity index (χ2n) is 3.25. The highest BCUT2D eigenvalue weighted by molar-refractivity contribution is 7.84. The first-order valence-electron chi connectivity index (χ1n) is 4.37. The Balaban J connectivity index is 2.66. The lowest BCUT2D eigenvalue weighted by Crippen LogP contribution is -2.24. The fourth-order valence-corrected chi connectivity index (χ4v) is 1.91. The van der Waals surface area contributed by atoms with Crippen LogP contribution >= 0.6 is 0 Å². The fourth-order valence-electron chi connectivity index (χ4n) is 1.37. The highest BCUT2D eigenvalue weighted by atomic mass is 32.2. The van der Waals surface area contributed by atoms with Gasteiger partial charge in [0.05, 0.1) is 17.2 Å². The number of hydrogen-bond donors (Lipinski definition) is 1. The minimum Gasteiger partial charge on any atom is -0.284 e. The SMILES string of the molecule is O=c1c2ccccc2ncn1CS(=O)(=O)O. The maximum atomic E-state index is 11.8. The van der Waals surface area contributed by atoms with Crippen LogP contribution < -0.4 is 5.56 Å². The summed E-state index contributed by atoms with van der Waals surface area (Å²) < 4.78 is 30.8. The minimum atomic E-state index is -4.25. The Bertz CT molecular complexity index is 690. The molecule has 0 bridgehead atoms. The largest absolute Gasteiger partial charge is 0.284 e. The summed E-state index contributed by atoms with van der Waals surface area (Å²) in [6, 6.07) is 6.57. The van der Waals surface area contributed by atoms with Gasteiger partial charge in [0.2, 0.25) is 0 Å². The lowest BCUT2D eigenvalue weighted by atomic mass is 10.2. The molecule has 0 saturated carbocycles. The van der Waals surface area contributed by atoms with E-state index >= 15 is 0 Å². The number of benzene rings is 1. The van der Waals surface area contributed by atoms with Crippen LogP contribution in [0.5, 0.6) is 0 Å². The molecule has 1 N–H and O–H groups in total. The molecule has 0 spiro atoms. The summed E-state index contributed by atoms with van der Waals surface area (Å²) in [5.41, 5.74) is -0.0117. The van der Waals surface area contributed by atoms with Gasteiger partial charge in [0.25, 0.3) is 15.7 Å². The molecule has 84 valence electrons. The van der Waals surface area contributed by atoms with Gasteiger partial charge in [-0.05, 0) is 12.1 Å². The zero-order valence-corrected chi connectivity index (χ0v) is 8.88. The third-order valence-electron chi connectivity index (χ3n) is 2.03. The lowest BCUT2D eigenvalue weighted by Gasteiger charge is -2.03. The van der Waals surface area contributed by atoms with Gasteiger partial charge in [-0.25, -0.2) is 4.98 Å².